The van der Waals surface area contributed by atoms with Crippen molar-refractivity contribution >= 4 is 22.4 Å². The molecule has 130 valence electrons. The molecular weight excluding hydrogens is 324 g/mol. The normalized spacial score (nSPS) is 18.1. The van der Waals surface area contributed by atoms with Gasteiger partial charge in [0.25, 0.3) is 0 Å². The number of carbonyl (C=O) groups excluding carboxylic acids is 1. The summed E-state index contributed by atoms with van der Waals surface area (Å²) in [5, 5.41) is 13.4. The van der Waals surface area contributed by atoms with Gasteiger partial charge < -0.3 is 15.1 Å². The van der Waals surface area contributed by atoms with Crippen LogP contribution in [-0.4, -0.2) is 65.8 Å². The first-order valence-corrected chi connectivity index (χ1v) is 9.09. The Morgan fingerprint density at radius 2 is 2.08 bits per heavy atom. The van der Waals surface area contributed by atoms with E-state index in [1.807, 2.05) is 43.2 Å². The molecular formula is C16H24N6OS. The maximum Gasteiger partial charge on any atom is 0.224 e. The van der Waals surface area contributed by atoms with E-state index in [1.165, 1.54) is 0 Å². The topological polar surface area (TPSA) is 66.3 Å². The Labute approximate surface area is 146 Å². The second-order valence-electron chi connectivity index (χ2n) is 6.34. The van der Waals surface area contributed by atoms with E-state index >= 15 is 0 Å². The Morgan fingerprint density at radius 3 is 2.83 bits per heavy atom. The Hall–Kier alpha value is -1.93. The maximum absolute atomic E-state index is 12.4. The van der Waals surface area contributed by atoms with Crippen molar-refractivity contribution in [1.29, 1.82) is 0 Å². The lowest BCUT2D eigenvalue weighted by Crippen LogP contribution is -2.44. The molecule has 0 aromatic carbocycles. The van der Waals surface area contributed by atoms with Crippen molar-refractivity contribution in [1.82, 2.24) is 25.0 Å². The molecule has 0 aliphatic carbocycles. The highest BCUT2D eigenvalue weighted by Gasteiger charge is 2.27. The first kappa shape index (κ1) is 16.9. The standard InChI is InChI=1S/C16H24N6OS/c1-20(2)11-7-17-14(23)13-6-5-10-22(12-13)16-19-18-15(24-16)21-8-3-4-9-21/h3-4,8-9,13H,5-7,10-12H2,1-2H3,(H,17,23). The fourth-order valence-corrected chi connectivity index (χ4v) is 3.66. The number of carbonyl (C=O) groups is 1. The Bertz CT molecular complexity index is 653. The number of nitrogens with one attached hydrogen (secondary N) is 1. The number of nitrogens with zero attached hydrogens (tertiary/aromatic N) is 5. The van der Waals surface area contributed by atoms with E-state index in [2.05, 4.69) is 25.3 Å². The van der Waals surface area contributed by atoms with Gasteiger partial charge in [-0.25, -0.2) is 0 Å². The number of anilines is 1. The number of aromatic nitrogens is 3. The molecule has 2 aromatic rings. The summed E-state index contributed by atoms with van der Waals surface area (Å²) in [5.74, 6) is 0.177. The second kappa shape index (κ2) is 7.76. The first-order valence-electron chi connectivity index (χ1n) is 8.28. The van der Waals surface area contributed by atoms with Gasteiger partial charge in [0.05, 0.1) is 5.92 Å². The zero-order valence-corrected chi connectivity index (χ0v) is 15.0. The van der Waals surface area contributed by atoms with Crippen LogP contribution in [0.4, 0.5) is 5.13 Å². The van der Waals surface area contributed by atoms with Crippen molar-refractivity contribution in [3.63, 3.8) is 0 Å². The van der Waals surface area contributed by atoms with E-state index in [-0.39, 0.29) is 11.8 Å². The Balaban J connectivity index is 1.58. The smallest absolute Gasteiger partial charge is 0.224 e. The van der Waals surface area contributed by atoms with Gasteiger partial charge in [-0.2, -0.15) is 0 Å². The molecule has 1 aliphatic rings. The van der Waals surface area contributed by atoms with Crippen molar-refractivity contribution in [2.24, 2.45) is 5.92 Å². The van der Waals surface area contributed by atoms with Crippen LogP contribution in [0, 0.1) is 5.92 Å². The highest BCUT2D eigenvalue weighted by Crippen LogP contribution is 2.27. The van der Waals surface area contributed by atoms with Crippen molar-refractivity contribution in [2.45, 2.75) is 12.8 Å². The first-order chi connectivity index (χ1) is 11.6. The zero-order chi connectivity index (χ0) is 16.9. The van der Waals surface area contributed by atoms with Gasteiger partial charge in [-0.05, 0) is 39.1 Å². The number of hydrogen-bond donors (Lipinski definition) is 1. The van der Waals surface area contributed by atoms with Gasteiger partial charge in [0.15, 0.2) is 0 Å². The van der Waals surface area contributed by atoms with E-state index in [0.29, 0.717) is 13.1 Å². The van der Waals surface area contributed by atoms with Gasteiger partial charge in [0, 0.05) is 38.6 Å². The van der Waals surface area contributed by atoms with Crippen LogP contribution in [0.15, 0.2) is 24.5 Å². The minimum Gasteiger partial charge on any atom is -0.355 e. The predicted octanol–water partition coefficient (Wildman–Crippen LogP) is 1.22. The molecule has 1 amide bonds. The van der Waals surface area contributed by atoms with E-state index < -0.39 is 0 Å². The molecule has 1 atom stereocenters. The summed E-state index contributed by atoms with van der Waals surface area (Å²) in [4.78, 5) is 16.6. The third-order valence-corrected chi connectivity index (χ3v) is 5.15. The number of rotatable bonds is 6. The van der Waals surface area contributed by atoms with Crippen LogP contribution in [0.3, 0.4) is 0 Å². The summed E-state index contributed by atoms with van der Waals surface area (Å²) in [6.07, 6.45) is 5.86. The van der Waals surface area contributed by atoms with E-state index in [4.69, 9.17) is 0 Å². The summed E-state index contributed by atoms with van der Waals surface area (Å²) >= 11 is 1.56. The fourth-order valence-electron chi connectivity index (χ4n) is 2.81. The predicted molar refractivity (Wildman–Crippen MR) is 95.7 cm³/mol. The zero-order valence-electron chi connectivity index (χ0n) is 14.2. The van der Waals surface area contributed by atoms with Crippen LogP contribution in [-0.2, 0) is 4.79 Å². The monoisotopic (exact) mass is 348 g/mol. The van der Waals surface area contributed by atoms with Crippen molar-refractivity contribution in [2.75, 3.05) is 45.2 Å². The molecule has 3 rings (SSSR count). The Kier molecular flexibility index (Phi) is 5.47. The SMILES string of the molecule is CN(C)CCNC(=O)C1CCCN(c2nnc(-n3cccc3)s2)C1. The molecule has 1 N–H and O–H groups in total. The summed E-state index contributed by atoms with van der Waals surface area (Å²) < 4.78 is 1.95. The molecule has 0 radical (unpaired) electrons. The third kappa shape index (κ3) is 4.12. The van der Waals surface area contributed by atoms with Gasteiger partial charge in [-0.3, -0.25) is 9.36 Å². The second-order valence-corrected chi connectivity index (χ2v) is 7.27. The highest BCUT2D eigenvalue weighted by atomic mass is 32.1. The number of likely N-dealkylation sites (N-methyl/N-ethyl adjacent to an activating group) is 1. The molecule has 1 fully saturated rings. The van der Waals surface area contributed by atoms with Crippen LogP contribution in [0.25, 0.3) is 5.13 Å². The Morgan fingerprint density at radius 1 is 1.33 bits per heavy atom. The molecule has 24 heavy (non-hydrogen) atoms. The largest absolute Gasteiger partial charge is 0.355 e. The molecule has 7 nitrogen and oxygen atoms in total. The minimum atomic E-state index is 0.0276. The van der Waals surface area contributed by atoms with Crippen molar-refractivity contribution in [3.05, 3.63) is 24.5 Å². The number of amides is 1. The molecule has 1 aliphatic heterocycles. The average Bonchev–Trinajstić information content (AvgIpc) is 3.25. The lowest BCUT2D eigenvalue weighted by Gasteiger charge is -2.31. The molecule has 3 heterocycles. The summed E-state index contributed by atoms with van der Waals surface area (Å²) in [6.45, 7) is 3.20. The molecule has 8 heteroatoms. The number of piperidine rings is 1. The molecule has 1 saturated heterocycles. The van der Waals surface area contributed by atoms with Crippen LogP contribution < -0.4 is 10.2 Å². The van der Waals surface area contributed by atoms with Crippen molar-refractivity contribution in [3.8, 4) is 5.13 Å². The highest BCUT2D eigenvalue weighted by molar-refractivity contribution is 7.17. The molecule has 0 bridgehead atoms. The van der Waals surface area contributed by atoms with Crippen LogP contribution >= 0.6 is 11.3 Å². The van der Waals surface area contributed by atoms with Gasteiger partial charge in [-0.1, -0.05) is 11.3 Å². The van der Waals surface area contributed by atoms with E-state index in [9.17, 15) is 4.79 Å². The van der Waals surface area contributed by atoms with Crippen LogP contribution in [0.1, 0.15) is 12.8 Å². The van der Waals surface area contributed by atoms with Gasteiger partial charge in [-0.15, -0.1) is 10.2 Å². The molecule has 0 spiro atoms. The van der Waals surface area contributed by atoms with Gasteiger partial charge in [0.1, 0.15) is 0 Å². The number of hydrogen-bond acceptors (Lipinski definition) is 6. The minimum absolute atomic E-state index is 0.0276. The molecule has 1 unspecified atom stereocenters. The third-order valence-electron chi connectivity index (χ3n) is 4.15. The molecule has 0 saturated carbocycles. The summed E-state index contributed by atoms with van der Waals surface area (Å²) in [5.41, 5.74) is 0. The van der Waals surface area contributed by atoms with Crippen LogP contribution in [0.2, 0.25) is 0 Å². The maximum atomic E-state index is 12.4. The van der Waals surface area contributed by atoms with Gasteiger partial charge in [0.2, 0.25) is 16.2 Å². The van der Waals surface area contributed by atoms with E-state index in [0.717, 1.165) is 36.2 Å². The summed E-state index contributed by atoms with van der Waals surface area (Å²) in [6, 6.07) is 3.94. The van der Waals surface area contributed by atoms with Crippen molar-refractivity contribution < 1.29 is 4.79 Å². The van der Waals surface area contributed by atoms with E-state index in [1.54, 1.807) is 11.3 Å². The fraction of sp³-hybridized carbons (Fsp3) is 0.562. The lowest BCUT2D eigenvalue weighted by molar-refractivity contribution is -0.125. The van der Waals surface area contributed by atoms with Gasteiger partial charge >= 0.3 is 0 Å². The average molecular weight is 348 g/mol. The van der Waals surface area contributed by atoms with Crippen LogP contribution in [0.5, 0.6) is 0 Å². The summed E-state index contributed by atoms with van der Waals surface area (Å²) in [7, 11) is 4.01. The lowest BCUT2D eigenvalue weighted by atomic mass is 9.97. The molecule has 2 aromatic heterocycles. The quantitative estimate of drug-likeness (QED) is 0.850.